The summed E-state index contributed by atoms with van der Waals surface area (Å²) in [6, 6.07) is 4.05. The summed E-state index contributed by atoms with van der Waals surface area (Å²) < 4.78 is 5.34. The summed E-state index contributed by atoms with van der Waals surface area (Å²) >= 11 is 0. The van der Waals surface area contributed by atoms with Gasteiger partial charge in [-0.2, -0.15) is 0 Å². The topological polar surface area (TPSA) is 57.7 Å². The molecular weight excluding hydrogens is 292 g/mol. The van der Waals surface area contributed by atoms with Crippen molar-refractivity contribution >= 4 is 6.03 Å². The number of ether oxygens (including phenoxy) is 1. The van der Waals surface area contributed by atoms with Crippen LogP contribution in [-0.2, 0) is 11.3 Å². The van der Waals surface area contributed by atoms with Crippen LogP contribution < -0.4 is 5.32 Å². The smallest absolute Gasteiger partial charge is 0.317 e. The predicted octanol–water partition coefficient (Wildman–Crippen LogP) is 1.72. The van der Waals surface area contributed by atoms with Gasteiger partial charge in [0, 0.05) is 58.8 Å². The lowest BCUT2D eigenvalue weighted by Gasteiger charge is -2.26. The largest absolute Gasteiger partial charge is 0.377 e. The normalized spacial score (nSPS) is 16.9. The number of hydrogen-bond donors (Lipinski definition) is 1. The molecule has 1 aromatic heterocycles. The highest BCUT2D eigenvalue weighted by molar-refractivity contribution is 5.74. The molecule has 23 heavy (non-hydrogen) atoms. The summed E-state index contributed by atoms with van der Waals surface area (Å²) in [7, 11) is 1.66. The Labute approximate surface area is 138 Å². The van der Waals surface area contributed by atoms with Crippen LogP contribution in [0.5, 0.6) is 0 Å². The molecule has 0 spiro atoms. The fourth-order valence-electron chi connectivity index (χ4n) is 2.55. The van der Waals surface area contributed by atoms with E-state index in [2.05, 4.69) is 21.3 Å². The minimum atomic E-state index is -0.339. The Kier molecular flexibility index (Phi) is 6.36. The number of carbonyl (C=O) groups is 1. The van der Waals surface area contributed by atoms with Gasteiger partial charge in [-0.1, -0.05) is 6.07 Å². The molecule has 1 aromatic rings. The second-order valence-electron chi connectivity index (χ2n) is 6.60. The average molecular weight is 320 g/mol. The Morgan fingerprint density at radius 2 is 2.17 bits per heavy atom. The summed E-state index contributed by atoms with van der Waals surface area (Å²) in [6.07, 6.45) is 4.68. The maximum absolute atomic E-state index is 12.3. The first-order chi connectivity index (χ1) is 11.0. The highest BCUT2D eigenvalue weighted by Crippen LogP contribution is 2.09. The molecule has 1 fully saturated rings. The van der Waals surface area contributed by atoms with E-state index in [0.29, 0.717) is 6.54 Å². The maximum atomic E-state index is 12.3. The van der Waals surface area contributed by atoms with E-state index in [9.17, 15) is 4.79 Å². The molecule has 128 valence electrons. The molecule has 0 saturated carbocycles. The number of nitrogens with zero attached hydrogens (tertiary/aromatic N) is 3. The molecule has 1 aliphatic rings. The van der Waals surface area contributed by atoms with Gasteiger partial charge in [0.15, 0.2) is 0 Å². The minimum Gasteiger partial charge on any atom is -0.377 e. The van der Waals surface area contributed by atoms with E-state index in [-0.39, 0.29) is 11.6 Å². The van der Waals surface area contributed by atoms with Crippen molar-refractivity contribution < 1.29 is 9.53 Å². The SMILES string of the molecule is COC(C)(C)CNC(=O)N1CCCN(Cc2cccnc2)CC1. The summed E-state index contributed by atoms with van der Waals surface area (Å²) in [6.45, 7) is 8.76. The molecule has 0 bridgehead atoms. The zero-order chi connectivity index (χ0) is 16.7. The van der Waals surface area contributed by atoms with Crippen molar-refractivity contribution in [3.8, 4) is 0 Å². The second kappa shape index (κ2) is 8.26. The standard InChI is InChI=1S/C17H28N4O2/c1-17(2,23-3)14-19-16(22)21-9-5-8-20(10-11-21)13-15-6-4-7-18-12-15/h4,6-7,12H,5,8-11,13-14H2,1-3H3,(H,19,22). The van der Waals surface area contributed by atoms with Gasteiger partial charge >= 0.3 is 6.03 Å². The zero-order valence-electron chi connectivity index (χ0n) is 14.4. The average Bonchev–Trinajstić information content (AvgIpc) is 2.79. The van der Waals surface area contributed by atoms with Crippen molar-refractivity contribution in [2.24, 2.45) is 0 Å². The Morgan fingerprint density at radius 1 is 1.35 bits per heavy atom. The fraction of sp³-hybridized carbons (Fsp3) is 0.647. The first-order valence-electron chi connectivity index (χ1n) is 8.19. The molecule has 0 unspecified atom stereocenters. The number of aromatic nitrogens is 1. The first-order valence-corrected chi connectivity index (χ1v) is 8.19. The molecule has 0 radical (unpaired) electrons. The number of pyridine rings is 1. The first kappa shape index (κ1) is 17.7. The van der Waals surface area contributed by atoms with Crippen molar-refractivity contribution in [3.05, 3.63) is 30.1 Å². The number of urea groups is 1. The van der Waals surface area contributed by atoms with Crippen LogP contribution in [0.25, 0.3) is 0 Å². The van der Waals surface area contributed by atoms with Gasteiger partial charge in [0.1, 0.15) is 0 Å². The van der Waals surface area contributed by atoms with Gasteiger partial charge in [-0.3, -0.25) is 9.88 Å². The van der Waals surface area contributed by atoms with Crippen LogP contribution >= 0.6 is 0 Å². The van der Waals surface area contributed by atoms with Gasteiger partial charge in [0.25, 0.3) is 0 Å². The molecule has 1 aliphatic heterocycles. The Morgan fingerprint density at radius 3 is 2.87 bits per heavy atom. The number of carbonyl (C=O) groups excluding carboxylic acids is 1. The highest BCUT2D eigenvalue weighted by Gasteiger charge is 2.22. The molecule has 1 saturated heterocycles. The lowest BCUT2D eigenvalue weighted by atomic mass is 10.1. The number of nitrogens with one attached hydrogen (secondary N) is 1. The van der Waals surface area contributed by atoms with Crippen LogP contribution in [0.4, 0.5) is 4.79 Å². The van der Waals surface area contributed by atoms with E-state index >= 15 is 0 Å². The van der Waals surface area contributed by atoms with Crippen molar-refractivity contribution in [1.82, 2.24) is 20.1 Å². The molecular formula is C17H28N4O2. The Hall–Kier alpha value is -1.66. The molecule has 0 aliphatic carbocycles. The minimum absolute atomic E-state index is 0.00153. The van der Waals surface area contributed by atoms with E-state index in [1.807, 2.05) is 31.0 Å². The lowest BCUT2D eigenvalue weighted by molar-refractivity contribution is 0.0243. The van der Waals surface area contributed by atoms with Crippen molar-refractivity contribution in [2.45, 2.75) is 32.4 Å². The van der Waals surface area contributed by atoms with Crippen LogP contribution in [0.3, 0.4) is 0 Å². The zero-order valence-corrected chi connectivity index (χ0v) is 14.4. The Bertz CT molecular complexity index is 493. The van der Waals surface area contributed by atoms with Gasteiger partial charge in [-0.05, 0) is 31.9 Å². The van der Waals surface area contributed by atoms with Gasteiger partial charge in [-0.25, -0.2) is 4.79 Å². The molecule has 0 atom stereocenters. The number of hydrogen-bond acceptors (Lipinski definition) is 4. The second-order valence-corrected chi connectivity index (χ2v) is 6.60. The summed E-state index contributed by atoms with van der Waals surface area (Å²) in [5, 5.41) is 2.97. The molecule has 6 heteroatoms. The van der Waals surface area contributed by atoms with Crippen LogP contribution in [-0.4, -0.2) is 66.2 Å². The van der Waals surface area contributed by atoms with Crippen molar-refractivity contribution in [3.63, 3.8) is 0 Å². The third kappa shape index (κ3) is 5.80. The molecule has 2 rings (SSSR count). The van der Waals surface area contributed by atoms with E-state index in [1.165, 1.54) is 5.56 Å². The van der Waals surface area contributed by atoms with Crippen LogP contribution in [0.2, 0.25) is 0 Å². The monoisotopic (exact) mass is 320 g/mol. The van der Waals surface area contributed by atoms with Gasteiger partial charge in [0.2, 0.25) is 0 Å². The third-order valence-corrected chi connectivity index (χ3v) is 4.22. The molecule has 1 N–H and O–H groups in total. The van der Waals surface area contributed by atoms with Crippen molar-refractivity contribution in [1.29, 1.82) is 0 Å². The lowest BCUT2D eigenvalue weighted by Crippen LogP contribution is -2.47. The van der Waals surface area contributed by atoms with Gasteiger partial charge < -0.3 is 15.0 Å². The van der Waals surface area contributed by atoms with Crippen LogP contribution in [0, 0.1) is 0 Å². The molecule has 2 heterocycles. The van der Waals surface area contributed by atoms with Gasteiger partial charge in [-0.15, -0.1) is 0 Å². The third-order valence-electron chi connectivity index (χ3n) is 4.22. The quantitative estimate of drug-likeness (QED) is 0.897. The van der Waals surface area contributed by atoms with Gasteiger partial charge in [0.05, 0.1) is 5.60 Å². The summed E-state index contributed by atoms with van der Waals surface area (Å²) in [5.41, 5.74) is 0.876. The highest BCUT2D eigenvalue weighted by atomic mass is 16.5. The van der Waals surface area contributed by atoms with E-state index in [1.54, 1.807) is 13.3 Å². The Balaban J connectivity index is 1.80. The predicted molar refractivity (Wildman–Crippen MR) is 90.2 cm³/mol. The number of rotatable bonds is 5. The number of methoxy groups -OCH3 is 1. The van der Waals surface area contributed by atoms with E-state index in [4.69, 9.17) is 4.74 Å². The summed E-state index contributed by atoms with van der Waals surface area (Å²) in [4.78, 5) is 20.7. The molecule has 2 amide bonds. The van der Waals surface area contributed by atoms with Crippen molar-refractivity contribution in [2.75, 3.05) is 39.8 Å². The molecule has 0 aromatic carbocycles. The van der Waals surface area contributed by atoms with E-state index in [0.717, 1.165) is 39.1 Å². The van der Waals surface area contributed by atoms with Crippen LogP contribution in [0.1, 0.15) is 25.8 Å². The van der Waals surface area contributed by atoms with Crippen LogP contribution in [0.15, 0.2) is 24.5 Å². The summed E-state index contributed by atoms with van der Waals surface area (Å²) in [5.74, 6) is 0. The number of amides is 2. The maximum Gasteiger partial charge on any atom is 0.317 e. The van der Waals surface area contributed by atoms with E-state index < -0.39 is 0 Å². The molecule has 6 nitrogen and oxygen atoms in total. The fourth-order valence-corrected chi connectivity index (χ4v) is 2.55.